The molecule has 0 amide bonds. The highest BCUT2D eigenvalue weighted by Gasteiger charge is 2.46. The van der Waals surface area contributed by atoms with Crippen LogP contribution in [0.4, 0.5) is 28.4 Å². The number of rotatable bonds is 9. The van der Waals surface area contributed by atoms with E-state index in [0.717, 1.165) is 34.8 Å². The third-order valence-electron chi connectivity index (χ3n) is 11.6. The van der Waals surface area contributed by atoms with Crippen molar-refractivity contribution in [3.63, 3.8) is 0 Å². The van der Waals surface area contributed by atoms with Crippen LogP contribution in [0.3, 0.4) is 0 Å². The summed E-state index contributed by atoms with van der Waals surface area (Å²) in [5.74, 6) is 0. The molecule has 0 atom stereocenters. The molecular formula is C50H43BN2O. The molecule has 0 aliphatic carbocycles. The molecule has 0 radical (unpaired) electrons. The Bertz CT molecular complexity index is 2660. The Hall–Kier alpha value is -6.00. The molecule has 0 N–H and O–H groups in total. The molecule has 0 saturated heterocycles. The second-order valence-electron chi connectivity index (χ2n) is 14.9. The molecule has 2 aliphatic heterocycles. The Morgan fingerprint density at radius 2 is 1.26 bits per heavy atom. The monoisotopic (exact) mass is 698 g/mol. The summed E-state index contributed by atoms with van der Waals surface area (Å²) in [6, 6.07) is 56.4. The standard InChI is InChI=1S/C50H43BN2O/c1-3-5-16-34-27-30-43(41(32-34)36-18-9-7-10-19-36)52-44-24-15-23-39-38-28-26-35(17-6-4-2)33-45(38)53(37-20-11-8-12-21-37)51(49(39)44)42-29-31-47-48(50(42)52)40-22-13-14-25-46(40)54-47/h7-15,18-33H,3-6,16-17H2,1-2H3. The summed E-state index contributed by atoms with van der Waals surface area (Å²) < 4.78 is 6.66. The highest BCUT2D eigenvalue weighted by Crippen LogP contribution is 2.51. The van der Waals surface area contributed by atoms with Crippen LogP contribution >= 0.6 is 0 Å². The Morgan fingerprint density at radius 3 is 2.06 bits per heavy atom. The summed E-state index contributed by atoms with van der Waals surface area (Å²) in [6.07, 6.45) is 6.84. The van der Waals surface area contributed by atoms with Crippen molar-refractivity contribution in [3.05, 3.63) is 163 Å². The third-order valence-corrected chi connectivity index (χ3v) is 11.6. The summed E-state index contributed by atoms with van der Waals surface area (Å²) in [5.41, 5.74) is 18.3. The van der Waals surface area contributed by atoms with Gasteiger partial charge in [-0.25, -0.2) is 0 Å². The SMILES string of the molecule is CCCCc1ccc(N2c3cccc4c3B(c3ccc5oc6ccccc6c5c32)N(c2ccccc2)c2cc(CCCC)ccc2-4)c(-c2ccccc2)c1. The topological polar surface area (TPSA) is 19.6 Å². The maximum atomic E-state index is 6.66. The minimum Gasteiger partial charge on any atom is -0.456 e. The van der Waals surface area contributed by atoms with Gasteiger partial charge in [0, 0.05) is 33.6 Å². The first-order chi connectivity index (χ1) is 26.7. The molecule has 0 unspecified atom stereocenters. The number of hydrogen-bond acceptors (Lipinski definition) is 3. The number of furan rings is 1. The summed E-state index contributed by atoms with van der Waals surface area (Å²) >= 11 is 0. The number of aryl methyl sites for hydroxylation is 2. The lowest BCUT2D eigenvalue weighted by atomic mass is 9.43. The van der Waals surface area contributed by atoms with Crippen molar-refractivity contribution in [2.75, 3.05) is 9.71 Å². The van der Waals surface area contributed by atoms with Gasteiger partial charge in [-0.15, -0.1) is 0 Å². The summed E-state index contributed by atoms with van der Waals surface area (Å²) in [4.78, 5) is 5.19. The molecule has 4 heteroatoms. The fraction of sp³-hybridized carbons (Fsp3) is 0.160. The van der Waals surface area contributed by atoms with E-state index in [1.807, 2.05) is 0 Å². The number of unbranched alkanes of at least 4 members (excludes halogenated alkanes) is 2. The van der Waals surface area contributed by atoms with Crippen LogP contribution in [-0.2, 0) is 12.8 Å². The molecule has 0 saturated carbocycles. The maximum Gasteiger partial charge on any atom is 0.333 e. The predicted octanol–water partition coefficient (Wildman–Crippen LogP) is 12.6. The minimum atomic E-state index is -0.0548. The Morgan fingerprint density at radius 1 is 0.537 bits per heavy atom. The molecule has 2 aliphatic rings. The van der Waals surface area contributed by atoms with E-state index in [1.54, 1.807) is 0 Å². The molecule has 3 heterocycles. The fourth-order valence-corrected chi connectivity index (χ4v) is 9.06. The lowest BCUT2D eigenvalue weighted by Gasteiger charge is -2.46. The van der Waals surface area contributed by atoms with Crippen molar-refractivity contribution in [1.82, 2.24) is 0 Å². The second-order valence-corrected chi connectivity index (χ2v) is 14.9. The molecule has 262 valence electrons. The molecule has 10 rings (SSSR count). The van der Waals surface area contributed by atoms with E-state index < -0.39 is 0 Å². The number of hydrogen-bond donors (Lipinski definition) is 0. The van der Waals surface area contributed by atoms with Gasteiger partial charge in [0.2, 0.25) is 0 Å². The van der Waals surface area contributed by atoms with Crippen molar-refractivity contribution in [3.8, 4) is 22.3 Å². The van der Waals surface area contributed by atoms with Crippen molar-refractivity contribution < 1.29 is 4.42 Å². The Kier molecular flexibility index (Phi) is 8.13. The summed E-state index contributed by atoms with van der Waals surface area (Å²) in [6.45, 7) is 4.50. The van der Waals surface area contributed by atoms with Gasteiger partial charge >= 0.3 is 6.85 Å². The van der Waals surface area contributed by atoms with Gasteiger partial charge in [0.1, 0.15) is 11.2 Å². The van der Waals surface area contributed by atoms with Crippen LogP contribution in [-0.4, -0.2) is 6.85 Å². The first-order valence-electron chi connectivity index (χ1n) is 19.8. The zero-order valence-corrected chi connectivity index (χ0v) is 31.1. The lowest BCUT2D eigenvalue weighted by Crippen LogP contribution is -2.61. The van der Waals surface area contributed by atoms with E-state index in [2.05, 4.69) is 175 Å². The molecule has 3 nitrogen and oxygen atoms in total. The van der Waals surface area contributed by atoms with E-state index in [-0.39, 0.29) is 6.85 Å². The van der Waals surface area contributed by atoms with Gasteiger partial charge in [-0.2, -0.15) is 0 Å². The molecule has 54 heavy (non-hydrogen) atoms. The zero-order chi connectivity index (χ0) is 36.2. The first-order valence-corrected chi connectivity index (χ1v) is 19.8. The van der Waals surface area contributed by atoms with Crippen LogP contribution in [0.1, 0.15) is 50.7 Å². The van der Waals surface area contributed by atoms with Gasteiger partial charge in [-0.3, -0.25) is 0 Å². The van der Waals surface area contributed by atoms with E-state index >= 15 is 0 Å². The molecule has 0 spiro atoms. The number of anilines is 5. The van der Waals surface area contributed by atoms with Crippen molar-refractivity contribution >= 4 is 68.1 Å². The number of fused-ring (bicyclic) bond motifs is 8. The molecule has 7 aromatic carbocycles. The Labute approximate surface area is 318 Å². The van der Waals surface area contributed by atoms with Crippen LogP contribution < -0.4 is 20.6 Å². The van der Waals surface area contributed by atoms with Gasteiger partial charge in [0.05, 0.1) is 16.8 Å². The largest absolute Gasteiger partial charge is 0.456 e. The third kappa shape index (κ3) is 5.19. The van der Waals surface area contributed by atoms with Crippen molar-refractivity contribution in [2.24, 2.45) is 0 Å². The highest BCUT2D eigenvalue weighted by atomic mass is 16.3. The minimum absolute atomic E-state index is 0.0548. The summed E-state index contributed by atoms with van der Waals surface area (Å²) in [7, 11) is 0. The fourth-order valence-electron chi connectivity index (χ4n) is 9.06. The van der Waals surface area contributed by atoms with Gasteiger partial charge < -0.3 is 14.1 Å². The van der Waals surface area contributed by atoms with E-state index in [1.165, 1.54) is 98.4 Å². The molecule has 0 fully saturated rings. The average molecular weight is 699 g/mol. The normalized spacial score (nSPS) is 13.0. The first kappa shape index (κ1) is 32.6. The van der Waals surface area contributed by atoms with Crippen LogP contribution in [0.25, 0.3) is 44.2 Å². The van der Waals surface area contributed by atoms with Crippen molar-refractivity contribution in [2.45, 2.75) is 52.4 Å². The molecule has 1 aromatic heterocycles. The number of para-hydroxylation sites is 2. The quantitative estimate of drug-likeness (QED) is 0.140. The molecule has 0 bridgehead atoms. The van der Waals surface area contributed by atoms with Gasteiger partial charge in [-0.05, 0) is 107 Å². The van der Waals surface area contributed by atoms with E-state index in [0.29, 0.717) is 0 Å². The smallest absolute Gasteiger partial charge is 0.333 e. The summed E-state index contributed by atoms with van der Waals surface area (Å²) in [5, 5.41) is 2.29. The van der Waals surface area contributed by atoms with Crippen LogP contribution in [0.2, 0.25) is 0 Å². The number of benzene rings is 7. The van der Waals surface area contributed by atoms with Crippen LogP contribution in [0.5, 0.6) is 0 Å². The van der Waals surface area contributed by atoms with Crippen LogP contribution in [0.15, 0.2) is 156 Å². The predicted molar refractivity (Wildman–Crippen MR) is 230 cm³/mol. The highest BCUT2D eigenvalue weighted by molar-refractivity contribution is 6.94. The van der Waals surface area contributed by atoms with E-state index in [4.69, 9.17) is 4.42 Å². The van der Waals surface area contributed by atoms with Gasteiger partial charge in [0.15, 0.2) is 0 Å². The molecule has 8 aromatic rings. The Balaban J connectivity index is 1.32. The van der Waals surface area contributed by atoms with Crippen molar-refractivity contribution in [1.29, 1.82) is 0 Å². The van der Waals surface area contributed by atoms with Gasteiger partial charge in [-0.1, -0.05) is 130 Å². The molecular weight excluding hydrogens is 655 g/mol. The maximum absolute atomic E-state index is 6.66. The number of nitrogens with zero attached hydrogens (tertiary/aromatic N) is 2. The van der Waals surface area contributed by atoms with Gasteiger partial charge in [0.25, 0.3) is 0 Å². The second kappa shape index (κ2) is 13.4. The lowest BCUT2D eigenvalue weighted by molar-refractivity contribution is 0.669. The average Bonchev–Trinajstić information content (AvgIpc) is 3.62. The van der Waals surface area contributed by atoms with Crippen LogP contribution in [0, 0.1) is 0 Å². The zero-order valence-electron chi connectivity index (χ0n) is 31.1. The van der Waals surface area contributed by atoms with E-state index in [9.17, 15) is 0 Å².